The van der Waals surface area contributed by atoms with Gasteiger partial charge in [0.2, 0.25) is 0 Å². The molecule has 0 aliphatic carbocycles. The number of hydrogen-bond donors (Lipinski definition) is 0. The van der Waals surface area contributed by atoms with Crippen molar-refractivity contribution in [2.24, 2.45) is 5.92 Å². The minimum Gasteiger partial charge on any atom is -0.386 e. The summed E-state index contributed by atoms with van der Waals surface area (Å²) in [5.41, 5.74) is 0.684. The molecule has 96 valence electrons. The van der Waals surface area contributed by atoms with Gasteiger partial charge in [0.05, 0.1) is 0 Å². The molecule has 0 amide bonds. The lowest BCUT2D eigenvalue weighted by Gasteiger charge is -2.47. The van der Waals surface area contributed by atoms with Gasteiger partial charge in [-0.1, -0.05) is 20.8 Å². The molecule has 1 saturated heterocycles. The Morgan fingerprint density at radius 3 is 2.12 bits per heavy atom. The van der Waals surface area contributed by atoms with Crippen LogP contribution in [0.25, 0.3) is 0 Å². The van der Waals surface area contributed by atoms with Crippen LogP contribution < -0.4 is 0 Å². The molecule has 1 unspecified atom stereocenters. The van der Waals surface area contributed by atoms with E-state index in [4.69, 9.17) is 8.85 Å². The van der Waals surface area contributed by atoms with Crippen LogP contribution in [0.15, 0.2) is 0 Å². The average molecular weight is 245 g/mol. The number of rotatable bonds is 4. The molecule has 4 heteroatoms. The summed E-state index contributed by atoms with van der Waals surface area (Å²) in [6, 6.07) is 0. The number of hydrogen-bond acceptors (Lipinski definition) is 3. The molecule has 1 fully saturated rings. The third kappa shape index (κ3) is 1.96. The molecule has 0 bridgehead atoms. The third-order valence-electron chi connectivity index (χ3n) is 4.48. The highest BCUT2D eigenvalue weighted by atomic mass is 28.4. The first-order chi connectivity index (χ1) is 7.32. The van der Waals surface area contributed by atoms with Crippen LogP contribution in [0.4, 0.5) is 0 Å². The first-order valence-electron chi connectivity index (χ1n) is 6.21. The topological polar surface area (TPSA) is 21.7 Å². The first kappa shape index (κ1) is 14.2. The van der Waals surface area contributed by atoms with Gasteiger partial charge in [0, 0.05) is 25.3 Å². The Morgan fingerprint density at radius 1 is 1.25 bits per heavy atom. The molecule has 0 aromatic heterocycles. The Labute approximate surface area is 101 Å². The second kappa shape index (κ2) is 4.76. The molecule has 0 radical (unpaired) electrons. The summed E-state index contributed by atoms with van der Waals surface area (Å²) in [7, 11) is 1.44. The minimum absolute atomic E-state index is 0.142. The van der Waals surface area contributed by atoms with Crippen LogP contribution in [-0.2, 0) is 8.85 Å². The van der Waals surface area contributed by atoms with E-state index in [-0.39, 0.29) is 5.54 Å². The van der Waals surface area contributed by atoms with E-state index in [0.717, 1.165) is 6.54 Å². The fourth-order valence-electron chi connectivity index (χ4n) is 2.63. The van der Waals surface area contributed by atoms with Gasteiger partial charge in [0.1, 0.15) is 0 Å². The minimum atomic E-state index is -2.18. The Hall–Kier alpha value is 0.0969. The van der Waals surface area contributed by atoms with Crippen molar-refractivity contribution in [3.8, 4) is 0 Å². The molecule has 1 aliphatic rings. The summed E-state index contributed by atoms with van der Waals surface area (Å²) in [4.78, 5) is 0. The lowest BCUT2D eigenvalue weighted by atomic mass is 9.90. The van der Waals surface area contributed by atoms with Gasteiger partial charge in [0.15, 0.2) is 0 Å². The van der Waals surface area contributed by atoms with Crippen molar-refractivity contribution in [2.45, 2.75) is 52.1 Å². The second-order valence-corrected chi connectivity index (χ2v) is 9.29. The van der Waals surface area contributed by atoms with E-state index in [1.165, 1.54) is 6.42 Å². The van der Waals surface area contributed by atoms with Gasteiger partial charge in [-0.3, -0.25) is 4.57 Å². The number of nitrogens with zero attached hydrogens (tertiary/aromatic N) is 1. The molecular weight excluding hydrogens is 218 g/mol. The fourth-order valence-corrected chi connectivity index (χ4v) is 6.57. The highest BCUT2D eigenvalue weighted by molar-refractivity contribution is 6.66. The first-order valence-corrected chi connectivity index (χ1v) is 8.05. The van der Waals surface area contributed by atoms with Gasteiger partial charge in [-0.15, -0.1) is 0 Å². The van der Waals surface area contributed by atoms with E-state index in [0.29, 0.717) is 11.5 Å². The molecule has 1 atom stereocenters. The normalized spacial score (nSPS) is 26.6. The molecule has 3 nitrogen and oxygen atoms in total. The molecule has 0 aromatic rings. The Kier molecular flexibility index (Phi) is 4.22. The highest BCUT2D eigenvalue weighted by Crippen LogP contribution is 2.42. The smallest absolute Gasteiger partial charge is 0.386 e. The van der Waals surface area contributed by atoms with Crippen molar-refractivity contribution in [3.63, 3.8) is 0 Å². The predicted octanol–water partition coefficient (Wildman–Crippen LogP) is 2.75. The Morgan fingerprint density at radius 2 is 1.75 bits per heavy atom. The maximum Gasteiger partial charge on any atom is 0.430 e. The molecule has 0 saturated carbocycles. The standard InChI is InChI=1S/C12H27NO2Si/c1-10(2)12(4,5)13-9-8-11(3)16(13,14-6)15-7/h10-11H,8-9H2,1-7H3. The average Bonchev–Trinajstić information content (AvgIpc) is 2.56. The fraction of sp³-hybridized carbons (Fsp3) is 1.00. The van der Waals surface area contributed by atoms with Gasteiger partial charge in [-0.25, -0.2) is 0 Å². The van der Waals surface area contributed by atoms with Crippen molar-refractivity contribution in [1.29, 1.82) is 0 Å². The summed E-state index contributed by atoms with van der Waals surface area (Å²) in [6.07, 6.45) is 1.18. The molecule has 0 spiro atoms. The second-order valence-electron chi connectivity index (χ2n) is 5.69. The highest BCUT2D eigenvalue weighted by Gasteiger charge is 2.58. The summed E-state index contributed by atoms with van der Waals surface area (Å²) in [5, 5.41) is 0. The van der Waals surface area contributed by atoms with E-state index >= 15 is 0 Å². The molecule has 1 rings (SSSR count). The van der Waals surface area contributed by atoms with E-state index in [9.17, 15) is 0 Å². The van der Waals surface area contributed by atoms with Crippen LogP contribution in [0.5, 0.6) is 0 Å². The molecule has 0 N–H and O–H groups in total. The lowest BCUT2D eigenvalue weighted by molar-refractivity contribution is 0.0881. The molecular formula is C12H27NO2Si. The monoisotopic (exact) mass is 245 g/mol. The van der Waals surface area contributed by atoms with Crippen molar-refractivity contribution in [3.05, 3.63) is 0 Å². The SMILES string of the molecule is CO[Si]1(OC)C(C)CCN1C(C)(C)C(C)C. The van der Waals surface area contributed by atoms with E-state index in [1.54, 1.807) is 14.2 Å². The maximum absolute atomic E-state index is 5.85. The van der Waals surface area contributed by atoms with Gasteiger partial charge in [0.25, 0.3) is 0 Å². The van der Waals surface area contributed by atoms with Gasteiger partial charge in [-0.2, -0.15) is 0 Å². The zero-order chi connectivity index (χ0) is 12.6. The van der Waals surface area contributed by atoms with Crippen molar-refractivity contribution < 1.29 is 8.85 Å². The van der Waals surface area contributed by atoms with Crippen LogP contribution in [0.1, 0.15) is 41.0 Å². The van der Waals surface area contributed by atoms with Crippen LogP contribution >= 0.6 is 0 Å². The Bertz CT molecular complexity index is 239. The van der Waals surface area contributed by atoms with E-state index in [1.807, 2.05) is 0 Å². The van der Waals surface area contributed by atoms with Crippen LogP contribution in [0.2, 0.25) is 5.54 Å². The van der Waals surface area contributed by atoms with Gasteiger partial charge >= 0.3 is 8.72 Å². The van der Waals surface area contributed by atoms with Gasteiger partial charge in [-0.05, 0) is 32.7 Å². The zero-order valence-corrected chi connectivity index (χ0v) is 12.8. The quantitative estimate of drug-likeness (QED) is 0.711. The predicted molar refractivity (Wildman–Crippen MR) is 69.4 cm³/mol. The van der Waals surface area contributed by atoms with Crippen molar-refractivity contribution in [1.82, 2.24) is 4.57 Å². The van der Waals surface area contributed by atoms with Crippen LogP contribution in [0.3, 0.4) is 0 Å². The van der Waals surface area contributed by atoms with Crippen LogP contribution in [0, 0.1) is 5.92 Å². The molecule has 0 aromatic carbocycles. The summed E-state index contributed by atoms with van der Waals surface area (Å²) in [5.74, 6) is 0.593. The van der Waals surface area contributed by atoms with E-state index in [2.05, 4.69) is 39.2 Å². The summed E-state index contributed by atoms with van der Waals surface area (Å²) in [6.45, 7) is 12.5. The lowest BCUT2D eigenvalue weighted by Crippen LogP contribution is -2.64. The van der Waals surface area contributed by atoms with Crippen molar-refractivity contribution in [2.75, 3.05) is 20.8 Å². The largest absolute Gasteiger partial charge is 0.430 e. The molecule has 16 heavy (non-hydrogen) atoms. The summed E-state index contributed by atoms with van der Waals surface area (Å²) >= 11 is 0. The third-order valence-corrected chi connectivity index (χ3v) is 8.73. The maximum atomic E-state index is 5.85. The van der Waals surface area contributed by atoms with E-state index < -0.39 is 8.72 Å². The Balaban J connectivity index is 3.04. The van der Waals surface area contributed by atoms with Crippen molar-refractivity contribution >= 4 is 8.72 Å². The zero-order valence-electron chi connectivity index (χ0n) is 11.8. The molecule has 1 heterocycles. The summed E-state index contributed by atoms with van der Waals surface area (Å²) < 4.78 is 14.2. The van der Waals surface area contributed by atoms with Gasteiger partial charge < -0.3 is 8.85 Å². The van der Waals surface area contributed by atoms with Crippen LogP contribution in [-0.4, -0.2) is 39.6 Å². The molecule has 1 aliphatic heterocycles.